The van der Waals surface area contributed by atoms with E-state index in [2.05, 4.69) is 36.1 Å². The SMILES string of the molecule is C=CCN(CC=C)CCc1c(C(=O)[O-])cc2oc(=O)c3cc(C(=O)[O-])ccc3c2c1CCN(CC=C)CC=C. The predicted molar refractivity (Wildman–Crippen MR) is 150 cm³/mol. The number of carbonyl (C=O) groups is 2. The third-order valence-electron chi connectivity index (χ3n) is 6.59. The van der Waals surface area contributed by atoms with Crippen molar-refractivity contribution in [1.82, 2.24) is 9.80 Å². The molecule has 1 aromatic heterocycles. The summed E-state index contributed by atoms with van der Waals surface area (Å²) in [6, 6.07) is 5.46. The maximum atomic E-state index is 12.8. The van der Waals surface area contributed by atoms with Crippen molar-refractivity contribution >= 4 is 33.7 Å². The fraction of sp³-hybridized carbons (Fsp3) is 0.258. The van der Waals surface area contributed by atoms with E-state index in [1.807, 2.05) is 0 Å². The molecule has 0 saturated heterocycles. The molecule has 2 aromatic carbocycles. The first kappa shape index (κ1) is 29.3. The predicted octanol–water partition coefficient (Wildman–Crippen LogP) is 2.11. The Balaban J connectivity index is 2.32. The molecule has 0 aliphatic rings. The van der Waals surface area contributed by atoms with Crippen LogP contribution in [0.1, 0.15) is 31.8 Å². The summed E-state index contributed by atoms with van der Waals surface area (Å²) in [5.74, 6) is -2.80. The monoisotopic (exact) mass is 528 g/mol. The average molecular weight is 529 g/mol. The van der Waals surface area contributed by atoms with Gasteiger partial charge in [0, 0.05) is 55.6 Å². The molecule has 39 heavy (non-hydrogen) atoms. The van der Waals surface area contributed by atoms with Gasteiger partial charge in [-0.25, -0.2) is 4.79 Å². The molecular formula is C31H32N2O6-2. The lowest BCUT2D eigenvalue weighted by molar-refractivity contribution is -0.256. The van der Waals surface area contributed by atoms with Crippen LogP contribution in [0, 0.1) is 0 Å². The Bertz CT molecular complexity index is 1470. The van der Waals surface area contributed by atoms with E-state index in [0.717, 1.165) is 0 Å². The number of carbonyl (C=O) groups excluding carboxylic acids is 2. The van der Waals surface area contributed by atoms with Crippen LogP contribution in [-0.4, -0.2) is 61.0 Å². The number of fused-ring (bicyclic) bond motifs is 3. The second-order valence-corrected chi connectivity index (χ2v) is 9.15. The zero-order valence-electron chi connectivity index (χ0n) is 21.9. The normalized spacial score (nSPS) is 11.2. The van der Waals surface area contributed by atoms with Gasteiger partial charge in [-0.3, -0.25) is 9.80 Å². The highest BCUT2D eigenvalue weighted by Gasteiger charge is 2.21. The van der Waals surface area contributed by atoms with E-state index in [9.17, 15) is 24.6 Å². The maximum Gasteiger partial charge on any atom is 0.344 e. The second kappa shape index (κ2) is 13.5. The molecule has 0 amide bonds. The molecule has 0 unspecified atom stereocenters. The lowest BCUT2D eigenvalue weighted by Gasteiger charge is -2.25. The van der Waals surface area contributed by atoms with Crippen molar-refractivity contribution in [3.8, 4) is 0 Å². The van der Waals surface area contributed by atoms with Crippen molar-refractivity contribution < 1.29 is 24.2 Å². The van der Waals surface area contributed by atoms with E-state index in [4.69, 9.17) is 4.42 Å². The van der Waals surface area contributed by atoms with Gasteiger partial charge in [0.15, 0.2) is 0 Å². The van der Waals surface area contributed by atoms with Crippen molar-refractivity contribution in [3.63, 3.8) is 0 Å². The summed E-state index contributed by atoms with van der Waals surface area (Å²) < 4.78 is 5.56. The molecular weight excluding hydrogens is 496 g/mol. The number of benzene rings is 2. The molecule has 0 saturated carbocycles. The molecule has 0 atom stereocenters. The maximum absolute atomic E-state index is 12.8. The highest BCUT2D eigenvalue weighted by atomic mass is 16.4. The molecule has 0 radical (unpaired) electrons. The summed E-state index contributed by atoms with van der Waals surface area (Å²) in [6.07, 6.45) is 7.88. The minimum atomic E-state index is -1.42. The molecule has 0 aliphatic heterocycles. The smallest absolute Gasteiger partial charge is 0.344 e. The minimum Gasteiger partial charge on any atom is -0.545 e. The second-order valence-electron chi connectivity index (χ2n) is 9.15. The van der Waals surface area contributed by atoms with Crippen LogP contribution in [-0.2, 0) is 12.8 Å². The van der Waals surface area contributed by atoms with Gasteiger partial charge in [0.2, 0.25) is 0 Å². The third-order valence-corrected chi connectivity index (χ3v) is 6.59. The quantitative estimate of drug-likeness (QED) is 0.158. The van der Waals surface area contributed by atoms with Crippen molar-refractivity contribution in [3.05, 3.63) is 108 Å². The third kappa shape index (κ3) is 6.79. The molecule has 0 aliphatic carbocycles. The molecule has 0 bridgehead atoms. The molecule has 0 spiro atoms. The number of hydrogen-bond acceptors (Lipinski definition) is 8. The molecule has 3 aromatic rings. The van der Waals surface area contributed by atoms with Gasteiger partial charge < -0.3 is 24.2 Å². The fourth-order valence-corrected chi connectivity index (χ4v) is 4.87. The van der Waals surface area contributed by atoms with Crippen LogP contribution in [0.4, 0.5) is 0 Å². The van der Waals surface area contributed by atoms with E-state index >= 15 is 0 Å². The molecule has 0 N–H and O–H groups in total. The van der Waals surface area contributed by atoms with Crippen LogP contribution < -0.4 is 15.8 Å². The average Bonchev–Trinajstić information content (AvgIpc) is 2.90. The van der Waals surface area contributed by atoms with E-state index in [1.54, 1.807) is 30.4 Å². The number of nitrogens with zero attached hydrogens (tertiary/aromatic N) is 2. The molecule has 204 valence electrons. The fourth-order valence-electron chi connectivity index (χ4n) is 4.87. The van der Waals surface area contributed by atoms with E-state index in [1.165, 1.54) is 18.2 Å². The van der Waals surface area contributed by atoms with E-state index in [0.29, 0.717) is 74.0 Å². The Hall–Kier alpha value is -4.27. The zero-order valence-corrected chi connectivity index (χ0v) is 21.9. The van der Waals surface area contributed by atoms with Gasteiger partial charge in [-0.05, 0) is 41.7 Å². The number of hydrogen-bond donors (Lipinski definition) is 0. The molecule has 8 heteroatoms. The van der Waals surface area contributed by atoms with E-state index in [-0.39, 0.29) is 22.1 Å². The van der Waals surface area contributed by atoms with Crippen LogP contribution in [0.2, 0.25) is 0 Å². The number of carboxylic acid groups (broad SMARTS) is 2. The Kier molecular flexibility index (Phi) is 10.1. The van der Waals surface area contributed by atoms with Gasteiger partial charge in [-0.2, -0.15) is 0 Å². The summed E-state index contributed by atoms with van der Waals surface area (Å²) in [6.45, 7) is 18.6. The molecule has 1 heterocycles. The summed E-state index contributed by atoms with van der Waals surface area (Å²) in [5, 5.41) is 24.9. The standard InChI is InChI=1S/C31H34N2O6/c1-5-13-32(14-6-2)17-11-22-24(12-18-33(15-7-3)16-8-4)28-23-10-9-21(29(34)35)19-26(23)31(38)39-27(28)20-25(22)30(36)37/h5-10,19-20H,1-4,11-18H2,(H,34,35)(H,36,37)/p-2. The zero-order chi connectivity index (χ0) is 28.5. The largest absolute Gasteiger partial charge is 0.545 e. The first-order valence-electron chi connectivity index (χ1n) is 12.6. The van der Waals surface area contributed by atoms with Crippen LogP contribution in [0.5, 0.6) is 0 Å². The van der Waals surface area contributed by atoms with Gasteiger partial charge >= 0.3 is 5.63 Å². The van der Waals surface area contributed by atoms with Gasteiger partial charge in [-0.1, -0.05) is 36.4 Å². The first-order valence-corrected chi connectivity index (χ1v) is 12.6. The lowest BCUT2D eigenvalue weighted by Crippen LogP contribution is -2.30. The van der Waals surface area contributed by atoms with Crippen LogP contribution in [0.3, 0.4) is 0 Å². The van der Waals surface area contributed by atoms with Crippen molar-refractivity contribution in [2.75, 3.05) is 39.3 Å². The van der Waals surface area contributed by atoms with Crippen LogP contribution in [0.25, 0.3) is 21.7 Å². The Labute approximate surface area is 227 Å². The van der Waals surface area contributed by atoms with Crippen LogP contribution in [0.15, 0.2) is 84.1 Å². The Morgan fingerprint density at radius 3 is 1.79 bits per heavy atom. The van der Waals surface area contributed by atoms with Crippen molar-refractivity contribution in [1.29, 1.82) is 0 Å². The Morgan fingerprint density at radius 2 is 1.31 bits per heavy atom. The highest BCUT2D eigenvalue weighted by Crippen LogP contribution is 2.32. The number of aromatic carboxylic acids is 2. The first-order chi connectivity index (χ1) is 18.7. The summed E-state index contributed by atoms with van der Waals surface area (Å²) in [7, 11) is 0. The van der Waals surface area contributed by atoms with Gasteiger partial charge in [0.05, 0.1) is 17.3 Å². The summed E-state index contributed by atoms with van der Waals surface area (Å²) in [4.78, 5) is 40.8. The number of rotatable bonds is 16. The number of carboxylic acids is 2. The Morgan fingerprint density at radius 1 is 0.769 bits per heavy atom. The topological polar surface area (TPSA) is 117 Å². The lowest BCUT2D eigenvalue weighted by atomic mass is 9.89. The molecule has 3 rings (SSSR count). The van der Waals surface area contributed by atoms with Gasteiger partial charge in [0.25, 0.3) is 0 Å². The molecule has 0 fully saturated rings. The van der Waals surface area contributed by atoms with Gasteiger partial charge in [0.1, 0.15) is 5.58 Å². The summed E-state index contributed by atoms with van der Waals surface area (Å²) >= 11 is 0. The van der Waals surface area contributed by atoms with Crippen LogP contribution >= 0.6 is 0 Å². The van der Waals surface area contributed by atoms with Crippen molar-refractivity contribution in [2.24, 2.45) is 0 Å². The minimum absolute atomic E-state index is 0.0532. The van der Waals surface area contributed by atoms with E-state index < -0.39 is 17.6 Å². The molecule has 8 nitrogen and oxygen atoms in total. The van der Waals surface area contributed by atoms with Crippen molar-refractivity contribution in [2.45, 2.75) is 12.8 Å². The summed E-state index contributed by atoms with van der Waals surface area (Å²) in [5.41, 5.74) is 0.373. The highest BCUT2D eigenvalue weighted by molar-refractivity contribution is 6.10. The van der Waals surface area contributed by atoms with Gasteiger partial charge in [-0.15, -0.1) is 26.3 Å².